The zero-order valence-electron chi connectivity index (χ0n) is 32.0. The average Bonchev–Trinajstić information content (AvgIpc) is 3.08. The SMILES string of the molecule is CCC/C=C\C(CCCCCCC(=O)NC(CCCN)C(=O)O)OC(=O)CCCCCCCCCCC/C=C\CCCCCCCCCC. The number of allylic oxidation sites excluding steroid dienone is 3. The molecular formula is C42H78N2O5. The van der Waals surface area contributed by atoms with Crippen LogP contribution in [-0.2, 0) is 19.1 Å². The Bertz CT molecular complexity index is 828. The van der Waals surface area contributed by atoms with E-state index in [9.17, 15) is 19.5 Å². The van der Waals surface area contributed by atoms with Gasteiger partial charge in [0.2, 0.25) is 5.91 Å². The Kier molecular flexibility index (Phi) is 35.5. The van der Waals surface area contributed by atoms with E-state index in [1.165, 1.54) is 109 Å². The van der Waals surface area contributed by atoms with Crippen molar-refractivity contribution in [1.82, 2.24) is 5.32 Å². The second kappa shape index (κ2) is 37.1. The highest BCUT2D eigenvalue weighted by Crippen LogP contribution is 2.16. The topological polar surface area (TPSA) is 119 Å². The van der Waals surface area contributed by atoms with Crippen molar-refractivity contribution in [3.05, 3.63) is 24.3 Å². The zero-order chi connectivity index (χ0) is 36.0. The molecule has 0 aliphatic heterocycles. The number of rotatable bonds is 37. The Morgan fingerprint density at radius 2 is 1.10 bits per heavy atom. The van der Waals surface area contributed by atoms with Gasteiger partial charge in [-0.05, 0) is 83.2 Å². The Hall–Kier alpha value is -2.15. The fourth-order valence-electron chi connectivity index (χ4n) is 6.07. The summed E-state index contributed by atoms with van der Waals surface area (Å²) in [7, 11) is 0. The van der Waals surface area contributed by atoms with Gasteiger partial charge in [0.1, 0.15) is 12.1 Å². The number of ether oxygens (including phenoxy) is 1. The zero-order valence-corrected chi connectivity index (χ0v) is 32.0. The van der Waals surface area contributed by atoms with Crippen molar-refractivity contribution in [2.75, 3.05) is 6.54 Å². The molecule has 0 aromatic carbocycles. The molecule has 4 N–H and O–H groups in total. The molecule has 286 valence electrons. The second-order valence-corrected chi connectivity index (χ2v) is 14.0. The number of carbonyl (C=O) groups excluding carboxylic acids is 2. The van der Waals surface area contributed by atoms with Gasteiger partial charge in [0.05, 0.1) is 0 Å². The molecule has 1 amide bonds. The third-order valence-electron chi connectivity index (χ3n) is 9.20. The van der Waals surface area contributed by atoms with Gasteiger partial charge in [-0.1, -0.05) is 141 Å². The van der Waals surface area contributed by atoms with Crippen LogP contribution in [0.3, 0.4) is 0 Å². The number of esters is 1. The van der Waals surface area contributed by atoms with Crippen molar-refractivity contribution in [3.8, 4) is 0 Å². The minimum atomic E-state index is -1.02. The second-order valence-electron chi connectivity index (χ2n) is 14.0. The summed E-state index contributed by atoms with van der Waals surface area (Å²) < 4.78 is 5.82. The van der Waals surface area contributed by atoms with Crippen LogP contribution in [0.4, 0.5) is 0 Å². The predicted molar refractivity (Wildman–Crippen MR) is 207 cm³/mol. The van der Waals surface area contributed by atoms with Gasteiger partial charge in [-0.15, -0.1) is 0 Å². The van der Waals surface area contributed by atoms with Crippen molar-refractivity contribution in [3.63, 3.8) is 0 Å². The molecule has 0 saturated heterocycles. The Labute approximate surface area is 302 Å². The molecule has 0 heterocycles. The van der Waals surface area contributed by atoms with E-state index in [1.807, 2.05) is 6.08 Å². The van der Waals surface area contributed by atoms with Gasteiger partial charge < -0.3 is 20.9 Å². The number of nitrogens with one attached hydrogen (secondary N) is 1. The van der Waals surface area contributed by atoms with Crippen LogP contribution in [0.15, 0.2) is 24.3 Å². The van der Waals surface area contributed by atoms with Crippen LogP contribution in [0.2, 0.25) is 0 Å². The highest BCUT2D eigenvalue weighted by atomic mass is 16.5. The maximum Gasteiger partial charge on any atom is 0.326 e. The number of nitrogens with two attached hydrogens (primary N) is 1. The summed E-state index contributed by atoms with van der Waals surface area (Å²) in [5.74, 6) is -1.34. The van der Waals surface area contributed by atoms with Crippen molar-refractivity contribution < 1.29 is 24.2 Å². The lowest BCUT2D eigenvalue weighted by atomic mass is 10.0. The van der Waals surface area contributed by atoms with Gasteiger partial charge in [0.15, 0.2) is 0 Å². The molecule has 0 aliphatic carbocycles. The lowest BCUT2D eigenvalue weighted by molar-refractivity contribution is -0.147. The molecule has 0 spiro atoms. The molecule has 0 aliphatic rings. The molecular weight excluding hydrogens is 612 g/mol. The van der Waals surface area contributed by atoms with Crippen LogP contribution in [0, 0.1) is 0 Å². The molecule has 0 aromatic rings. The summed E-state index contributed by atoms with van der Waals surface area (Å²) in [6.07, 6.45) is 41.4. The van der Waals surface area contributed by atoms with Crippen molar-refractivity contribution in [1.29, 1.82) is 0 Å². The number of carbonyl (C=O) groups is 3. The number of carboxylic acid groups (broad SMARTS) is 1. The first-order chi connectivity index (χ1) is 23.9. The molecule has 0 aromatic heterocycles. The first-order valence-electron chi connectivity index (χ1n) is 20.7. The molecule has 2 unspecified atom stereocenters. The van der Waals surface area contributed by atoms with Gasteiger partial charge in [-0.3, -0.25) is 9.59 Å². The molecule has 0 saturated carbocycles. The van der Waals surface area contributed by atoms with E-state index in [4.69, 9.17) is 10.5 Å². The van der Waals surface area contributed by atoms with Crippen LogP contribution in [0.25, 0.3) is 0 Å². The summed E-state index contributed by atoms with van der Waals surface area (Å²) in [6, 6.07) is -0.867. The fraction of sp³-hybridized carbons (Fsp3) is 0.833. The van der Waals surface area contributed by atoms with Crippen molar-refractivity contribution in [2.24, 2.45) is 5.73 Å². The van der Waals surface area contributed by atoms with Crippen LogP contribution < -0.4 is 11.1 Å². The third kappa shape index (κ3) is 34.1. The van der Waals surface area contributed by atoms with Gasteiger partial charge in [-0.25, -0.2) is 4.79 Å². The van der Waals surface area contributed by atoms with E-state index in [2.05, 4.69) is 37.4 Å². The Morgan fingerprint density at radius 3 is 1.63 bits per heavy atom. The van der Waals surface area contributed by atoms with Crippen molar-refractivity contribution >= 4 is 17.8 Å². The van der Waals surface area contributed by atoms with Gasteiger partial charge in [0.25, 0.3) is 0 Å². The molecule has 49 heavy (non-hydrogen) atoms. The van der Waals surface area contributed by atoms with E-state index in [0.717, 1.165) is 51.4 Å². The molecule has 0 radical (unpaired) electrons. The van der Waals surface area contributed by atoms with E-state index in [-0.39, 0.29) is 18.0 Å². The Morgan fingerprint density at radius 1 is 0.592 bits per heavy atom. The average molecular weight is 691 g/mol. The highest BCUT2D eigenvalue weighted by molar-refractivity contribution is 5.83. The summed E-state index contributed by atoms with van der Waals surface area (Å²) in [4.78, 5) is 36.0. The monoisotopic (exact) mass is 691 g/mol. The quantitative estimate of drug-likeness (QED) is 0.0339. The maximum atomic E-state index is 12.5. The number of hydrogen-bond donors (Lipinski definition) is 3. The third-order valence-corrected chi connectivity index (χ3v) is 9.20. The number of amides is 1. The fourth-order valence-corrected chi connectivity index (χ4v) is 6.07. The maximum absolute atomic E-state index is 12.5. The normalized spacial score (nSPS) is 12.9. The number of carboxylic acids is 1. The van der Waals surface area contributed by atoms with Gasteiger partial charge >= 0.3 is 11.9 Å². The smallest absolute Gasteiger partial charge is 0.326 e. The van der Waals surface area contributed by atoms with Crippen LogP contribution in [-0.4, -0.2) is 41.6 Å². The Balaban J connectivity index is 3.85. The number of aliphatic carboxylic acids is 1. The van der Waals surface area contributed by atoms with E-state index in [0.29, 0.717) is 38.6 Å². The molecule has 2 atom stereocenters. The standard InChI is InChI=1S/C42H78N2O5/c1-3-5-7-8-9-10-11-12-13-14-15-16-17-18-19-20-21-22-23-24-30-36-41(46)49-38(32-27-6-4-2)33-28-25-26-29-35-40(45)44-39(42(47)48)34-31-37-43/h14-15,27,32,38-39H,3-13,16-26,28-31,33-37,43H2,1-2H3,(H,44,45)(H,47,48)/b15-14-,32-27-. The first-order valence-corrected chi connectivity index (χ1v) is 20.7. The van der Waals surface area contributed by atoms with Crippen LogP contribution in [0.5, 0.6) is 0 Å². The van der Waals surface area contributed by atoms with E-state index < -0.39 is 12.0 Å². The molecule has 0 rings (SSSR count). The van der Waals surface area contributed by atoms with Crippen molar-refractivity contribution in [2.45, 2.75) is 219 Å². The van der Waals surface area contributed by atoms with Gasteiger partial charge in [0, 0.05) is 12.8 Å². The van der Waals surface area contributed by atoms with Crippen LogP contribution in [0.1, 0.15) is 206 Å². The minimum Gasteiger partial charge on any atom is -0.480 e. The van der Waals surface area contributed by atoms with E-state index in [1.54, 1.807) is 0 Å². The molecule has 7 nitrogen and oxygen atoms in total. The molecule has 0 fully saturated rings. The highest BCUT2D eigenvalue weighted by Gasteiger charge is 2.19. The van der Waals surface area contributed by atoms with Crippen LogP contribution >= 0.6 is 0 Å². The number of hydrogen-bond acceptors (Lipinski definition) is 5. The summed E-state index contributed by atoms with van der Waals surface area (Å²) >= 11 is 0. The predicted octanol–water partition coefficient (Wildman–Crippen LogP) is 11.3. The summed E-state index contributed by atoms with van der Waals surface area (Å²) in [5, 5.41) is 11.9. The summed E-state index contributed by atoms with van der Waals surface area (Å²) in [5.41, 5.74) is 5.46. The lowest BCUT2D eigenvalue weighted by Gasteiger charge is -2.15. The first kappa shape index (κ1) is 46.9. The van der Waals surface area contributed by atoms with E-state index >= 15 is 0 Å². The molecule has 7 heteroatoms. The molecule has 0 bridgehead atoms. The summed E-state index contributed by atoms with van der Waals surface area (Å²) in [6.45, 7) is 4.82. The largest absolute Gasteiger partial charge is 0.480 e. The number of unbranched alkanes of at least 4 members (excludes halogenated alkanes) is 21. The van der Waals surface area contributed by atoms with Gasteiger partial charge in [-0.2, -0.15) is 0 Å². The lowest BCUT2D eigenvalue weighted by Crippen LogP contribution is -2.40. The minimum absolute atomic E-state index is 0.0997.